The Morgan fingerprint density at radius 3 is 2.52 bits per heavy atom. The van der Waals surface area contributed by atoms with Crippen LogP contribution >= 0.6 is 15.9 Å². The summed E-state index contributed by atoms with van der Waals surface area (Å²) >= 11 is 3.51. The van der Waals surface area contributed by atoms with Crippen LogP contribution < -0.4 is 16.0 Å². The zero-order chi connectivity index (χ0) is 15.2. The summed E-state index contributed by atoms with van der Waals surface area (Å²) < 4.78 is 6.48. The second kappa shape index (κ2) is 7.59. The lowest BCUT2D eigenvalue weighted by molar-refractivity contribution is 0.404. The number of hydrogen-bond acceptors (Lipinski definition) is 3. The Hall–Kier alpha value is -1.36. The van der Waals surface area contributed by atoms with Gasteiger partial charge in [0.1, 0.15) is 5.75 Å². The molecule has 3 nitrogen and oxygen atoms in total. The summed E-state index contributed by atoms with van der Waals surface area (Å²) in [6.07, 6.45) is 1.70. The van der Waals surface area contributed by atoms with Gasteiger partial charge >= 0.3 is 0 Å². The van der Waals surface area contributed by atoms with Crippen molar-refractivity contribution in [2.75, 3.05) is 7.11 Å². The molecule has 0 saturated heterocycles. The molecule has 0 heterocycles. The Kier molecular flexibility index (Phi) is 5.79. The average Bonchev–Trinajstić information content (AvgIpc) is 2.49. The number of benzene rings is 2. The van der Waals surface area contributed by atoms with Crippen LogP contribution in [0.15, 0.2) is 46.9 Å². The second-order valence-electron chi connectivity index (χ2n) is 5.15. The van der Waals surface area contributed by atoms with Crippen molar-refractivity contribution in [3.05, 3.63) is 63.6 Å². The normalized spacial score (nSPS) is 12.2. The lowest BCUT2D eigenvalue weighted by atomic mass is 9.96. The van der Waals surface area contributed by atoms with E-state index in [9.17, 15) is 0 Å². The molecular weight excluding hydrogens is 328 g/mol. The molecule has 0 aliphatic heterocycles. The number of nitrogens with one attached hydrogen (secondary N) is 1. The van der Waals surface area contributed by atoms with Gasteiger partial charge in [0.05, 0.1) is 7.11 Å². The second-order valence-corrected chi connectivity index (χ2v) is 6.07. The maximum absolute atomic E-state index is 5.75. The molecule has 4 heteroatoms. The highest BCUT2D eigenvalue weighted by Crippen LogP contribution is 2.25. The van der Waals surface area contributed by atoms with Crippen LogP contribution in [0.5, 0.6) is 5.75 Å². The van der Waals surface area contributed by atoms with Crippen molar-refractivity contribution < 1.29 is 4.74 Å². The molecule has 0 aromatic heterocycles. The third-order valence-electron chi connectivity index (χ3n) is 3.67. The number of halogens is 1. The Labute approximate surface area is 134 Å². The van der Waals surface area contributed by atoms with Gasteiger partial charge in [0.25, 0.3) is 0 Å². The largest absolute Gasteiger partial charge is 0.496 e. The summed E-state index contributed by atoms with van der Waals surface area (Å²) in [4.78, 5) is 0. The molecule has 0 radical (unpaired) electrons. The molecule has 0 aliphatic rings. The van der Waals surface area contributed by atoms with E-state index >= 15 is 0 Å². The average molecular weight is 349 g/mol. The Morgan fingerprint density at radius 1 is 1.14 bits per heavy atom. The Bertz CT molecular complexity index is 601. The molecule has 0 fully saturated rings. The molecule has 112 valence electrons. The van der Waals surface area contributed by atoms with Gasteiger partial charge in [0, 0.05) is 10.5 Å². The topological polar surface area (TPSA) is 47.3 Å². The number of aryl methyl sites for hydroxylation is 1. The van der Waals surface area contributed by atoms with E-state index in [2.05, 4.69) is 58.6 Å². The third-order valence-corrected chi connectivity index (χ3v) is 4.17. The van der Waals surface area contributed by atoms with Gasteiger partial charge in [-0.3, -0.25) is 11.3 Å². The zero-order valence-electron chi connectivity index (χ0n) is 12.4. The molecule has 21 heavy (non-hydrogen) atoms. The van der Waals surface area contributed by atoms with Gasteiger partial charge in [-0.1, -0.05) is 40.2 Å². The van der Waals surface area contributed by atoms with Crippen LogP contribution in [0.1, 0.15) is 16.7 Å². The summed E-state index contributed by atoms with van der Waals surface area (Å²) in [5, 5.41) is 0. The van der Waals surface area contributed by atoms with Gasteiger partial charge in [-0.05, 0) is 54.7 Å². The Balaban J connectivity index is 2.16. The minimum Gasteiger partial charge on any atom is -0.496 e. The summed E-state index contributed by atoms with van der Waals surface area (Å²) in [6.45, 7) is 2.13. The predicted octanol–water partition coefficient (Wildman–Crippen LogP) is 3.38. The van der Waals surface area contributed by atoms with E-state index < -0.39 is 0 Å². The number of methoxy groups -OCH3 is 1. The molecule has 2 aromatic rings. The number of nitrogens with two attached hydrogens (primary N) is 1. The molecule has 2 aromatic carbocycles. The molecule has 0 amide bonds. The molecule has 2 rings (SSSR count). The summed E-state index contributed by atoms with van der Waals surface area (Å²) in [7, 11) is 1.69. The van der Waals surface area contributed by atoms with Gasteiger partial charge in [-0.2, -0.15) is 0 Å². The number of hydrazine groups is 1. The SMILES string of the molecule is COc1ccc(Br)cc1CC(Cc1ccccc1C)NN. The van der Waals surface area contributed by atoms with Crippen molar-refractivity contribution in [1.29, 1.82) is 0 Å². The van der Waals surface area contributed by atoms with Crippen LogP contribution in [0.25, 0.3) is 0 Å². The predicted molar refractivity (Wildman–Crippen MR) is 90.4 cm³/mol. The summed E-state index contributed by atoms with van der Waals surface area (Å²) in [5.41, 5.74) is 6.67. The molecule has 3 N–H and O–H groups in total. The number of hydrogen-bond donors (Lipinski definition) is 2. The van der Waals surface area contributed by atoms with E-state index in [0.717, 1.165) is 28.6 Å². The molecule has 0 bridgehead atoms. The minimum atomic E-state index is 0.161. The zero-order valence-corrected chi connectivity index (χ0v) is 14.0. The first-order chi connectivity index (χ1) is 10.1. The Morgan fingerprint density at radius 2 is 1.86 bits per heavy atom. The van der Waals surface area contributed by atoms with Gasteiger partial charge in [0.15, 0.2) is 0 Å². The van der Waals surface area contributed by atoms with E-state index in [1.807, 2.05) is 12.1 Å². The van der Waals surface area contributed by atoms with E-state index in [0.29, 0.717) is 0 Å². The van der Waals surface area contributed by atoms with E-state index in [4.69, 9.17) is 10.6 Å². The lowest BCUT2D eigenvalue weighted by Gasteiger charge is -2.19. The standard InChI is InChI=1S/C17H21BrN2O/c1-12-5-3-4-6-13(12)10-16(20-19)11-14-9-15(18)7-8-17(14)21-2/h3-9,16,20H,10-11,19H2,1-2H3. The molecular formula is C17H21BrN2O. The maximum Gasteiger partial charge on any atom is 0.122 e. The van der Waals surface area contributed by atoms with Crippen LogP contribution in [0, 0.1) is 6.92 Å². The minimum absolute atomic E-state index is 0.161. The van der Waals surface area contributed by atoms with Crippen molar-refractivity contribution in [2.24, 2.45) is 5.84 Å². The fraction of sp³-hybridized carbons (Fsp3) is 0.294. The van der Waals surface area contributed by atoms with Gasteiger partial charge in [0.2, 0.25) is 0 Å². The van der Waals surface area contributed by atoms with Gasteiger partial charge in [-0.25, -0.2) is 0 Å². The summed E-state index contributed by atoms with van der Waals surface area (Å²) in [5.74, 6) is 6.64. The van der Waals surface area contributed by atoms with Crippen LogP contribution in [-0.4, -0.2) is 13.2 Å². The van der Waals surface area contributed by atoms with Crippen molar-refractivity contribution in [3.8, 4) is 5.75 Å². The van der Waals surface area contributed by atoms with Gasteiger partial charge < -0.3 is 4.74 Å². The lowest BCUT2D eigenvalue weighted by Crippen LogP contribution is -2.38. The smallest absolute Gasteiger partial charge is 0.122 e. The number of rotatable bonds is 6. The highest BCUT2D eigenvalue weighted by atomic mass is 79.9. The van der Waals surface area contributed by atoms with Crippen molar-refractivity contribution in [2.45, 2.75) is 25.8 Å². The van der Waals surface area contributed by atoms with Gasteiger partial charge in [-0.15, -0.1) is 0 Å². The van der Waals surface area contributed by atoms with Crippen molar-refractivity contribution in [3.63, 3.8) is 0 Å². The van der Waals surface area contributed by atoms with Crippen LogP contribution in [0.2, 0.25) is 0 Å². The fourth-order valence-electron chi connectivity index (χ4n) is 2.47. The van der Waals surface area contributed by atoms with E-state index in [1.54, 1.807) is 7.11 Å². The molecule has 0 aliphatic carbocycles. The third kappa shape index (κ3) is 4.30. The maximum atomic E-state index is 5.75. The van der Waals surface area contributed by atoms with E-state index in [1.165, 1.54) is 11.1 Å². The first kappa shape index (κ1) is 16.0. The monoisotopic (exact) mass is 348 g/mol. The fourth-order valence-corrected chi connectivity index (χ4v) is 2.88. The van der Waals surface area contributed by atoms with Crippen molar-refractivity contribution in [1.82, 2.24) is 5.43 Å². The molecule has 1 unspecified atom stereocenters. The van der Waals surface area contributed by atoms with Crippen molar-refractivity contribution >= 4 is 15.9 Å². The molecule has 1 atom stereocenters. The number of ether oxygens (including phenoxy) is 1. The quantitative estimate of drug-likeness (QED) is 0.621. The molecule has 0 saturated carbocycles. The first-order valence-electron chi connectivity index (χ1n) is 6.97. The van der Waals surface area contributed by atoms with Crippen LogP contribution in [0.3, 0.4) is 0 Å². The highest BCUT2D eigenvalue weighted by Gasteiger charge is 2.13. The summed E-state index contributed by atoms with van der Waals surface area (Å²) in [6, 6.07) is 14.6. The molecule has 0 spiro atoms. The van der Waals surface area contributed by atoms with Crippen LogP contribution in [0.4, 0.5) is 0 Å². The van der Waals surface area contributed by atoms with Crippen LogP contribution in [-0.2, 0) is 12.8 Å². The highest BCUT2D eigenvalue weighted by molar-refractivity contribution is 9.10. The first-order valence-corrected chi connectivity index (χ1v) is 7.76. The van der Waals surface area contributed by atoms with E-state index in [-0.39, 0.29) is 6.04 Å².